The van der Waals surface area contributed by atoms with Crippen molar-refractivity contribution >= 4 is 11.9 Å². The van der Waals surface area contributed by atoms with E-state index in [9.17, 15) is 4.79 Å². The van der Waals surface area contributed by atoms with Crippen LogP contribution in [0.3, 0.4) is 0 Å². The van der Waals surface area contributed by atoms with Gasteiger partial charge in [0.25, 0.3) is 0 Å². The summed E-state index contributed by atoms with van der Waals surface area (Å²) in [5, 5.41) is 0. The van der Waals surface area contributed by atoms with Crippen LogP contribution in [0.15, 0.2) is 18.5 Å². The molecule has 1 aromatic rings. The lowest BCUT2D eigenvalue weighted by atomic mass is 9.98. The van der Waals surface area contributed by atoms with E-state index < -0.39 is 0 Å². The molecule has 0 amide bonds. The molecule has 5 nitrogen and oxygen atoms in total. The van der Waals surface area contributed by atoms with Crippen LogP contribution in [0.4, 0.5) is 5.95 Å². The number of carbonyl (C=O) groups is 1. The number of rotatable bonds is 3. The Morgan fingerprint density at radius 3 is 3.00 bits per heavy atom. The zero-order chi connectivity index (χ0) is 12.1. The molecular formula is C12H17N3O2. The van der Waals surface area contributed by atoms with Crippen LogP contribution < -0.4 is 4.90 Å². The van der Waals surface area contributed by atoms with Gasteiger partial charge in [0.2, 0.25) is 5.95 Å². The summed E-state index contributed by atoms with van der Waals surface area (Å²) in [6.45, 7) is 3.83. The normalized spacial score (nSPS) is 20.1. The molecule has 0 N–H and O–H groups in total. The Hall–Kier alpha value is -1.65. The van der Waals surface area contributed by atoms with Gasteiger partial charge in [0.05, 0.1) is 12.5 Å². The smallest absolute Gasteiger partial charge is 0.310 e. The van der Waals surface area contributed by atoms with Crippen molar-refractivity contribution < 1.29 is 9.53 Å². The summed E-state index contributed by atoms with van der Waals surface area (Å²) in [5.74, 6) is 0.544. The molecule has 1 aliphatic heterocycles. The predicted molar refractivity (Wildman–Crippen MR) is 63.6 cm³/mol. The molecule has 1 saturated heterocycles. The average Bonchev–Trinajstić information content (AvgIpc) is 2.40. The highest BCUT2D eigenvalue weighted by atomic mass is 16.5. The van der Waals surface area contributed by atoms with E-state index in [4.69, 9.17) is 4.74 Å². The lowest BCUT2D eigenvalue weighted by Crippen LogP contribution is -2.40. The summed E-state index contributed by atoms with van der Waals surface area (Å²) in [5.41, 5.74) is 0. The Morgan fingerprint density at radius 2 is 2.29 bits per heavy atom. The number of anilines is 1. The first-order valence-electron chi connectivity index (χ1n) is 6.00. The minimum absolute atomic E-state index is 0.0486. The predicted octanol–water partition coefficient (Wildman–Crippen LogP) is 1.26. The number of hydrogen-bond acceptors (Lipinski definition) is 5. The molecule has 0 aliphatic carbocycles. The molecule has 1 atom stereocenters. The molecule has 1 aliphatic rings. The molecule has 92 valence electrons. The molecule has 0 radical (unpaired) electrons. The van der Waals surface area contributed by atoms with Crippen LogP contribution >= 0.6 is 0 Å². The molecule has 5 heteroatoms. The van der Waals surface area contributed by atoms with Crippen molar-refractivity contribution in [2.75, 3.05) is 24.6 Å². The van der Waals surface area contributed by atoms with E-state index in [0.29, 0.717) is 19.1 Å². The molecular weight excluding hydrogens is 218 g/mol. The average molecular weight is 235 g/mol. The third kappa shape index (κ3) is 2.93. The second-order valence-electron chi connectivity index (χ2n) is 4.09. The number of aromatic nitrogens is 2. The topological polar surface area (TPSA) is 55.3 Å². The van der Waals surface area contributed by atoms with Crippen molar-refractivity contribution in [3.8, 4) is 0 Å². The zero-order valence-electron chi connectivity index (χ0n) is 10.0. The Balaban J connectivity index is 2.00. The molecule has 2 heterocycles. The maximum atomic E-state index is 11.7. The fraction of sp³-hybridized carbons (Fsp3) is 0.583. The third-order valence-corrected chi connectivity index (χ3v) is 2.88. The van der Waals surface area contributed by atoms with Gasteiger partial charge in [0.15, 0.2) is 0 Å². The number of carbonyl (C=O) groups excluding carboxylic acids is 1. The van der Waals surface area contributed by atoms with Crippen molar-refractivity contribution in [2.24, 2.45) is 5.92 Å². The monoisotopic (exact) mass is 235 g/mol. The number of piperidine rings is 1. The lowest BCUT2D eigenvalue weighted by Gasteiger charge is -2.31. The second kappa shape index (κ2) is 5.61. The molecule has 0 unspecified atom stereocenters. The number of ether oxygens (including phenoxy) is 1. The molecule has 0 spiro atoms. The summed E-state index contributed by atoms with van der Waals surface area (Å²) in [6.07, 6.45) is 5.30. The van der Waals surface area contributed by atoms with Gasteiger partial charge in [-0.2, -0.15) is 0 Å². The third-order valence-electron chi connectivity index (χ3n) is 2.88. The van der Waals surface area contributed by atoms with Gasteiger partial charge in [-0.3, -0.25) is 4.79 Å². The highest BCUT2D eigenvalue weighted by Gasteiger charge is 2.27. The van der Waals surface area contributed by atoms with Crippen molar-refractivity contribution in [2.45, 2.75) is 19.8 Å². The molecule has 1 aromatic heterocycles. The highest BCUT2D eigenvalue weighted by molar-refractivity contribution is 5.73. The molecule has 17 heavy (non-hydrogen) atoms. The van der Waals surface area contributed by atoms with Gasteiger partial charge in [-0.15, -0.1) is 0 Å². The van der Waals surface area contributed by atoms with Gasteiger partial charge in [-0.1, -0.05) is 0 Å². The Morgan fingerprint density at radius 1 is 1.53 bits per heavy atom. The van der Waals surface area contributed by atoms with E-state index in [0.717, 1.165) is 19.4 Å². The minimum Gasteiger partial charge on any atom is -0.466 e. The second-order valence-corrected chi connectivity index (χ2v) is 4.09. The summed E-state index contributed by atoms with van der Waals surface area (Å²) >= 11 is 0. The van der Waals surface area contributed by atoms with E-state index in [1.165, 1.54) is 0 Å². The van der Waals surface area contributed by atoms with Crippen molar-refractivity contribution in [3.63, 3.8) is 0 Å². The number of nitrogens with zero attached hydrogens (tertiary/aromatic N) is 3. The highest BCUT2D eigenvalue weighted by Crippen LogP contribution is 2.20. The quantitative estimate of drug-likeness (QED) is 0.738. The van der Waals surface area contributed by atoms with Crippen LogP contribution in [0.2, 0.25) is 0 Å². The minimum atomic E-state index is -0.104. The van der Waals surface area contributed by atoms with Crippen LogP contribution in [0, 0.1) is 5.92 Å². The van der Waals surface area contributed by atoms with Crippen molar-refractivity contribution in [3.05, 3.63) is 18.5 Å². The van der Waals surface area contributed by atoms with Crippen molar-refractivity contribution in [1.82, 2.24) is 9.97 Å². The van der Waals surface area contributed by atoms with Crippen LogP contribution in [0.5, 0.6) is 0 Å². The van der Waals surface area contributed by atoms with Crippen LogP contribution in [0.25, 0.3) is 0 Å². The van der Waals surface area contributed by atoms with E-state index in [1.54, 1.807) is 18.5 Å². The van der Waals surface area contributed by atoms with E-state index in [1.807, 2.05) is 11.8 Å². The van der Waals surface area contributed by atoms with Crippen LogP contribution in [-0.4, -0.2) is 35.6 Å². The summed E-state index contributed by atoms with van der Waals surface area (Å²) in [4.78, 5) is 22.1. The Bertz CT molecular complexity index is 369. The van der Waals surface area contributed by atoms with E-state index >= 15 is 0 Å². The summed E-state index contributed by atoms with van der Waals surface area (Å²) < 4.78 is 5.06. The van der Waals surface area contributed by atoms with E-state index in [2.05, 4.69) is 9.97 Å². The van der Waals surface area contributed by atoms with Gasteiger partial charge < -0.3 is 9.64 Å². The number of esters is 1. The maximum Gasteiger partial charge on any atom is 0.310 e. The first kappa shape index (κ1) is 11.8. The first-order valence-corrected chi connectivity index (χ1v) is 6.00. The van der Waals surface area contributed by atoms with Gasteiger partial charge in [0, 0.05) is 25.5 Å². The lowest BCUT2D eigenvalue weighted by molar-refractivity contribution is -0.148. The molecule has 2 rings (SSSR count). The first-order chi connectivity index (χ1) is 8.31. The largest absolute Gasteiger partial charge is 0.466 e. The zero-order valence-corrected chi connectivity index (χ0v) is 10.0. The van der Waals surface area contributed by atoms with Crippen molar-refractivity contribution in [1.29, 1.82) is 0 Å². The van der Waals surface area contributed by atoms with Crippen LogP contribution in [0.1, 0.15) is 19.8 Å². The standard InChI is InChI=1S/C12H17N3O2/c1-2-17-11(16)10-5-3-8-15(9-10)12-13-6-4-7-14-12/h4,6-7,10H,2-3,5,8-9H2,1H3/t10-/m0/s1. The van der Waals surface area contributed by atoms with E-state index in [-0.39, 0.29) is 11.9 Å². The molecule has 0 aromatic carbocycles. The van der Waals surface area contributed by atoms with Gasteiger partial charge >= 0.3 is 5.97 Å². The fourth-order valence-electron chi connectivity index (χ4n) is 2.07. The Labute approximate surface area is 101 Å². The van der Waals surface area contributed by atoms with Gasteiger partial charge in [-0.25, -0.2) is 9.97 Å². The van der Waals surface area contributed by atoms with Crippen LogP contribution in [-0.2, 0) is 9.53 Å². The molecule has 1 fully saturated rings. The summed E-state index contributed by atoms with van der Waals surface area (Å²) in [7, 11) is 0. The summed E-state index contributed by atoms with van der Waals surface area (Å²) in [6, 6.07) is 1.79. The van der Waals surface area contributed by atoms with Gasteiger partial charge in [0.1, 0.15) is 0 Å². The number of hydrogen-bond donors (Lipinski definition) is 0. The fourth-order valence-corrected chi connectivity index (χ4v) is 2.07. The maximum absolute atomic E-state index is 11.7. The van der Waals surface area contributed by atoms with Gasteiger partial charge in [-0.05, 0) is 25.8 Å². The molecule has 0 saturated carbocycles. The Kier molecular flexibility index (Phi) is 3.90. The SMILES string of the molecule is CCOC(=O)[C@H]1CCCN(c2ncccn2)C1. The molecule has 0 bridgehead atoms.